The quantitative estimate of drug-likeness (QED) is 0.147. The molecule has 5 nitrogen and oxygen atoms in total. The summed E-state index contributed by atoms with van der Waals surface area (Å²) in [5.41, 5.74) is 6.66. The number of aryl methyl sites for hydroxylation is 1. The third-order valence-electron chi connectivity index (χ3n) is 9.68. The zero-order valence-electron chi connectivity index (χ0n) is 28.3. The summed E-state index contributed by atoms with van der Waals surface area (Å²) in [5.74, 6) is 2.96. The number of methoxy groups -OCH3 is 2. The molecule has 49 heavy (non-hydrogen) atoms. The fourth-order valence-electron chi connectivity index (χ4n) is 7.25. The van der Waals surface area contributed by atoms with Crippen LogP contribution in [0.3, 0.4) is 0 Å². The van der Waals surface area contributed by atoms with E-state index in [1.165, 1.54) is 5.56 Å². The van der Waals surface area contributed by atoms with E-state index in [0.29, 0.717) is 18.1 Å². The minimum atomic E-state index is -0.899. The van der Waals surface area contributed by atoms with Gasteiger partial charge in [-0.25, -0.2) is 0 Å². The fraction of sp³-hybridized carbons (Fsp3) is 0.182. The maximum absolute atomic E-state index is 7.50. The van der Waals surface area contributed by atoms with Gasteiger partial charge in [0.15, 0.2) is 17.1 Å². The molecule has 1 aliphatic rings. The van der Waals surface area contributed by atoms with Crippen LogP contribution < -0.4 is 18.9 Å². The van der Waals surface area contributed by atoms with Crippen molar-refractivity contribution in [2.75, 3.05) is 20.8 Å². The van der Waals surface area contributed by atoms with Crippen molar-refractivity contribution in [1.82, 2.24) is 4.57 Å². The van der Waals surface area contributed by atoms with Crippen LogP contribution in [0.2, 0.25) is 0 Å². The third-order valence-corrected chi connectivity index (χ3v) is 9.68. The van der Waals surface area contributed by atoms with Crippen LogP contribution in [-0.4, -0.2) is 25.4 Å². The molecule has 5 heteroatoms. The Hall–Kier alpha value is -5.68. The molecule has 0 saturated heterocycles. The lowest BCUT2D eigenvalue weighted by atomic mass is 9.83. The molecule has 0 N–H and O–H groups in total. The summed E-state index contributed by atoms with van der Waals surface area (Å²) < 4.78 is 27.7. The van der Waals surface area contributed by atoms with Crippen LogP contribution in [0.5, 0.6) is 23.0 Å². The van der Waals surface area contributed by atoms with E-state index in [2.05, 4.69) is 128 Å². The molecular formula is C44H39NO4. The smallest absolute Gasteiger partial charge is 0.178 e. The average Bonchev–Trinajstić information content (AvgIpc) is 3.49. The van der Waals surface area contributed by atoms with E-state index in [-0.39, 0.29) is 0 Å². The number of para-hydroxylation sites is 1. The Labute approximate surface area is 286 Å². The first kappa shape index (κ1) is 30.6. The van der Waals surface area contributed by atoms with Gasteiger partial charge in [-0.1, -0.05) is 86.1 Å². The molecule has 0 spiro atoms. The summed E-state index contributed by atoms with van der Waals surface area (Å²) >= 11 is 0. The monoisotopic (exact) mass is 645 g/mol. The van der Waals surface area contributed by atoms with Crippen molar-refractivity contribution in [2.45, 2.75) is 32.3 Å². The number of nitrogens with zero attached hydrogens (tertiary/aromatic N) is 1. The highest BCUT2D eigenvalue weighted by Crippen LogP contribution is 2.52. The van der Waals surface area contributed by atoms with Crippen LogP contribution in [0.15, 0.2) is 121 Å². The van der Waals surface area contributed by atoms with Crippen molar-refractivity contribution in [3.63, 3.8) is 0 Å². The molecule has 0 bridgehead atoms. The van der Waals surface area contributed by atoms with Gasteiger partial charge in [0, 0.05) is 38.5 Å². The minimum Gasteiger partial charge on any atom is -0.494 e. The Balaban J connectivity index is 1.47. The molecule has 1 atom stereocenters. The molecule has 0 saturated carbocycles. The Morgan fingerprint density at radius 2 is 1.39 bits per heavy atom. The van der Waals surface area contributed by atoms with Gasteiger partial charge < -0.3 is 23.5 Å². The van der Waals surface area contributed by atoms with Crippen LogP contribution in [0.1, 0.15) is 42.0 Å². The zero-order chi connectivity index (χ0) is 33.5. The average molecular weight is 646 g/mol. The van der Waals surface area contributed by atoms with Crippen LogP contribution >= 0.6 is 0 Å². The van der Waals surface area contributed by atoms with E-state index in [4.69, 9.17) is 18.9 Å². The third kappa shape index (κ3) is 5.00. The molecule has 244 valence electrons. The number of hydrogen-bond donors (Lipinski definition) is 0. The summed E-state index contributed by atoms with van der Waals surface area (Å²) in [4.78, 5) is 0. The fourth-order valence-corrected chi connectivity index (χ4v) is 7.25. The largest absolute Gasteiger partial charge is 0.494 e. The molecule has 0 amide bonds. The summed E-state index contributed by atoms with van der Waals surface area (Å²) in [6, 6.07) is 40.2. The van der Waals surface area contributed by atoms with Gasteiger partial charge in [-0.15, -0.1) is 0 Å². The molecule has 0 aliphatic carbocycles. The highest BCUT2D eigenvalue weighted by Gasteiger charge is 2.39. The SMILES string of the molecule is CCCCOc1ccc(C2(c3ccccc3)C=Cc3c(c4cc(OC)c(OC)cc4c4c5ccc(C)cc5n(-c5ccccc5)c34)O2)cc1. The first-order valence-corrected chi connectivity index (χ1v) is 16.9. The van der Waals surface area contributed by atoms with Gasteiger partial charge in [-0.05, 0) is 78.9 Å². The Bertz CT molecular complexity index is 2340. The number of rotatable bonds is 9. The molecule has 0 fully saturated rings. The first-order valence-electron chi connectivity index (χ1n) is 16.9. The lowest BCUT2D eigenvalue weighted by Gasteiger charge is -2.37. The van der Waals surface area contributed by atoms with E-state index < -0.39 is 5.60 Å². The highest BCUT2D eigenvalue weighted by molar-refractivity contribution is 6.25. The standard InChI is InChI=1S/C44H39NO4/c1-5-6-25-48-33-20-18-31(19-21-33)44(30-13-9-7-10-14-30)24-23-35-42-41(36-27-39(46-3)40(47-4)28-37(36)43(35)49-44)34-22-17-29(2)26-38(34)45(42)32-15-11-8-12-16-32/h7-24,26-28H,5-6,25H2,1-4H3. The van der Waals surface area contributed by atoms with Gasteiger partial charge in [-0.3, -0.25) is 0 Å². The molecular weight excluding hydrogens is 606 g/mol. The zero-order valence-corrected chi connectivity index (χ0v) is 28.3. The summed E-state index contributed by atoms with van der Waals surface area (Å²) in [5, 5.41) is 4.29. The summed E-state index contributed by atoms with van der Waals surface area (Å²) in [7, 11) is 3.36. The van der Waals surface area contributed by atoms with Crippen LogP contribution in [-0.2, 0) is 5.60 Å². The van der Waals surface area contributed by atoms with Crippen molar-refractivity contribution >= 4 is 38.7 Å². The minimum absolute atomic E-state index is 0.649. The molecule has 2 heterocycles. The Morgan fingerprint density at radius 1 is 0.714 bits per heavy atom. The molecule has 1 aromatic heterocycles. The summed E-state index contributed by atoms with van der Waals surface area (Å²) in [6.07, 6.45) is 6.57. The van der Waals surface area contributed by atoms with Gasteiger partial charge >= 0.3 is 0 Å². The molecule has 7 aromatic rings. The van der Waals surface area contributed by atoms with Crippen molar-refractivity contribution in [2.24, 2.45) is 0 Å². The lowest BCUT2D eigenvalue weighted by Crippen LogP contribution is -2.34. The predicted octanol–water partition coefficient (Wildman–Crippen LogP) is 10.8. The van der Waals surface area contributed by atoms with Crippen molar-refractivity contribution in [1.29, 1.82) is 0 Å². The van der Waals surface area contributed by atoms with E-state index in [1.807, 2.05) is 18.2 Å². The Kier molecular flexibility index (Phi) is 7.76. The number of unbranched alkanes of at least 4 members (excludes halogenated alkanes) is 1. The molecule has 8 rings (SSSR count). The van der Waals surface area contributed by atoms with E-state index in [0.717, 1.165) is 79.3 Å². The Morgan fingerprint density at radius 3 is 2.08 bits per heavy atom. The van der Waals surface area contributed by atoms with Crippen molar-refractivity contribution in [3.05, 3.63) is 144 Å². The second kappa shape index (κ2) is 12.4. The van der Waals surface area contributed by atoms with Crippen LogP contribution in [0.25, 0.3) is 44.3 Å². The van der Waals surface area contributed by atoms with Crippen molar-refractivity contribution in [3.8, 4) is 28.7 Å². The molecule has 0 radical (unpaired) electrons. The van der Waals surface area contributed by atoms with E-state index >= 15 is 0 Å². The number of ether oxygens (including phenoxy) is 4. The number of fused-ring (bicyclic) bond motifs is 8. The highest BCUT2D eigenvalue weighted by atomic mass is 16.5. The van der Waals surface area contributed by atoms with Gasteiger partial charge in [0.1, 0.15) is 11.5 Å². The maximum Gasteiger partial charge on any atom is 0.178 e. The lowest BCUT2D eigenvalue weighted by molar-refractivity contribution is 0.163. The first-order chi connectivity index (χ1) is 24.1. The predicted molar refractivity (Wildman–Crippen MR) is 200 cm³/mol. The molecule has 6 aromatic carbocycles. The summed E-state index contributed by atoms with van der Waals surface area (Å²) in [6.45, 7) is 5.02. The number of aromatic nitrogens is 1. The van der Waals surface area contributed by atoms with E-state index in [1.54, 1.807) is 14.2 Å². The van der Waals surface area contributed by atoms with Gasteiger partial charge in [0.05, 0.1) is 31.9 Å². The van der Waals surface area contributed by atoms with Crippen molar-refractivity contribution < 1.29 is 18.9 Å². The van der Waals surface area contributed by atoms with Crippen LogP contribution in [0.4, 0.5) is 0 Å². The van der Waals surface area contributed by atoms with Gasteiger partial charge in [-0.2, -0.15) is 0 Å². The van der Waals surface area contributed by atoms with Crippen LogP contribution in [0, 0.1) is 6.92 Å². The van der Waals surface area contributed by atoms with Gasteiger partial charge in [0.25, 0.3) is 0 Å². The number of benzene rings is 6. The van der Waals surface area contributed by atoms with E-state index in [9.17, 15) is 0 Å². The van der Waals surface area contributed by atoms with Gasteiger partial charge in [0.2, 0.25) is 0 Å². The maximum atomic E-state index is 7.50. The molecule has 1 unspecified atom stereocenters. The number of hydrogen-bond acceptors (Lipinski definition) is 4. The second-order valence-electron chi connectivity index (χ2n) is 12.7. The molecule has 1 aliphatic heterocycles. The topological polar surface area (TPSA) is 41.9 Å². The normalized spacial score (nSPS) is 15.3. The second-order valence-corrected chi connectivity index (χ2v) is 12.7.